The molecule has 1 aromatic heterocycles. The van der Waals surface area contributed by atoms with E-state index in [0.29, 0.717) is 29.7 Å². The zero-order valence-corrected chi connectivity index (χ0v) is 17.0. The van der Waals surface area contributed by atoms with Crippen molar-refractivity contribution in [3.8, 4) is 11.5 Å². The Kier molecular flexibility index (Phi) is 6.34. The van der Waals surface area contributed by atoms with E-state index in [-0.39, 0.29) is 5.91 Å². The Balaban J connectivity index is 1.69. The summed E-state index contributed by atoms with van der Waals surface area (Å²) in [5.41, 5.74) is 2.10. The maximum atomic E-state index is 12.7. The molecular formula is C21H28N4O3. The summed E-state index contributed by atoms with van der Waals surface area (Å²) in [6, 6.07) is 7.29. The molecule has 0 aliphatic carbocycles. The number of carbonyl (C=O) groups is 1. The Labute approximate surface area is 166 Å². The number of hydrogen-bond acceptors (Lipinski definition) is 6. The lowest BCUT2D eigenvalue weighted by atomic mass is 10.00. The molecular weight excluding hydrogens is 356 g/mol. The van der Waals surface area contributed by atoms with Gasteiger partial charge in [-0.25, -0.2) is 9.97 Å². The average molecular weight is 384 g/mol. The Bertz CT molecular complexity index is 832. The first-order valence-corrected chi connectivity index (χ1v) is 9.60. The summed E-state index contributed by atoms with van der Waals surface area (Å²) in [5, 5.41) is 2.92. The predicted molar refractivity (Wildman–Crippen MR) is 108 cm³/mol. The van der Waals surface area contributed by atoms with Crippen LogP contribution in [0.4, 0.5) is 5.95 Å². The van der Waals surface area contributed by atoms with Gasteiger partial charge in [0.1, 0.15) is 5.69 Å². The van der Waals surface area contributed by atoms with Crippen LogP contribution in [0, 0.1) is 12.8 Å². The van der Waals surface area contributed by atoms with E-state index in [1.807, 2.05) is 25.1 Å². The number of anilines is 1. The second-order valence-electron chi connectivity index (χ2n) is 7.24. The molecule has 1 N–H and O–H groups in total. The number of piperidine rings is 1. The van der Waals surface area contributed by atoms with Crippen LogP contribution in [0.3, 0.4) is 0 Å². The van der Waals surface area contributed by atoms with Crippen LogP contribution in [0.25, 0.3) is 0 Å². The van der Waals surface area contributed by atoms with Gasteiger partial charge in [0.15, 0.2) is 11.5 Å². The highest BCUT2D eigenvalue weighted by Gasteiger charge is 2.20. The number of aromatic nitrogens is 2. The SMILES string of the molecule is COc1ccc(CNC(=O)c2cc(C)nc(N3CCC(C)CC3)n2)cc1OC. The van der Waals surface area contributed by atoms with Gasteiger partial charge in [0.25, 0.3) is 5.91 Å². The molecule has 2 aromatic rings. The molecule has 150 valence electrons. The van der Waals surface area contributed by atoms with E-state index in [2.05, 4.69) is 27.1 Å². The molecule has 0 unspecified atom stereocenters. The molecule has 1 aliphatic heterocycles. The zero-order chi connectivity index (χ0) is 20.1. The molecule has 1 aliphatic rings. The van der Waals surface area contributed by atoms with Crippen molar-refractivity contribution in [2.45, 2.75) is 33.2 Å². The normalized spacial score (nSPS) is 14.6. The molecule has 0 bridgehead atoms. The van der Waals surface area contributed by atoms with E-state index in [9.17, 15) is 4.79 Å². The van der Waals surface area contributed by atoms with E-state index < -0.39 is 0 Å². The van der Waals surface area contributed by atoms with Crippen LogP contribution in [0.15, 0.2) is 24.3 Å². The highest BCUT2D eigenvalue weighted by molar-refractivity contribution is 5.92. The summed E-state index contributed by atoms with van der Waals surface area (Å²) in [4.78, 5) is 23.9. The van der Waals surface area contributed by atoms with Gasteiger partial charge in [0, 0.05) is 25.3 Å². The fourth-order valence-corrected chi connectivity index (χ4v) is 3.28. The summed E-state index contributed by atoms with van der Waals surface area (Å²) < 4.78 is 10.6. The number of amides is 1. The molecule has 7 heteroatoms. The molecule has 0 atom stereocenters. The van der Waals surface area contributed by atoms with Crippen molar-refractivity contribution >= 4 is 11.9 Å². The van der Waals surface area contributed by atoms with Crippen molar-refractivity contribution in [1.29, 1.82) is 0 Å². The quantitative estimate of drug-likeness (QED) is 0.825. The van der Waals surface area contributed by atoms with E-state index >= 15 is 0 Å². The first-order valence-electron chi connectivity index (χ1n) is 9.60. The second kappa shape index (κ2) is 8.91. The van der Waals surface area contributed by atoms with Crippen molar-refractivity contribution in [1.82, 2.24) is 15.3 Å². The number of carbonyl (C=O) groups excluding carboxylic acids is 1. The van der Waals surface area contributed by atoms with Crippen LogP contribution in [-0.4, -0.2) is 43.2 Å². The molecule has 0 spiro atoms. The van der Waals surface area contributed by atoms with Gasteiger partial charge in [-0.2, -0.15) is 0 Å². The lowest BCUT2D eigenvalue weighted by Crippen LogP contribution is -2.35. The molecule has 1 fully saturated rings. The minimum Gasteiger partial charge on any atom is -0.493 e. The summed E-state index contributed by atoms with van der Waals surface area (Å²) in [7, 11) is 3.18. The minimum atomic E-state index is -0.216. The Morgan fingerprint density at radius 3 is 2.54 bits per heavy atom. The van der Waals surface area contributed by atoms with Crippen LogP contribution in [0.2, 0.25) is 0 Å². The number of nitrogens with one attached hydrogen (secondary N) is 1. The van der Waals surface area contributed by atoms with Crippen LogP contribution < -0.4 is 19.7 Å². The van der Waals surface area contributed by atoms with Crippen molar-refractivity contribution in [2.75, 3.05) is 32.2 Å². The van der Waals surface area contributed by atoms with Crippen molar-refractivity contribution < 1.29 is 14.3 Å². The van der Waals surface area contributed by atoms with Gasteiger partial charge in [0.05, 0.1) is 14.2 Å². The van der Waals surface area contributed by atoms with Crippen LogP contribution in [0.1, 0.15) is 41.5 Å². The summed E-state index contributed by atoms with van der Waals surface area (Å²) in [5.74, 6) is 2.44. The third-order valence-electron chi connectivity index (χ3n) is 5.04. The molecule has 0 radical (unpaired) electrons. The highest BCUT2D eigenvalue weighted by atomic mass is 16.5. The van der Waals surface area contributed by atoms with Gasteiger partial charge in [-0.15, -0.1) is 0 Å². The molecule has 1 aromatic carbocycles. The molecule has 28 heavy (non-hydrogen) atoms. The monoisotopic (exact) mass is 384 g/mol. The van der Waals surface area contributed by atoms with Crippen molar-refractivity contribution in [3.05, 3.63) is 41.2 Å². The van der Waals surface area contributed by atoms with Crippen LogP contribution in [0.5, 0.6) is 11.5 Å². The molecule has 2 heterocycles. The summed E-state index contributed by atoms with van der Waals surface area (Å²) >= 11 is 0. The highest BCUT2D eigenvalue weighted by Crippen LogP contribution is 2.27. The lowest BCUT2D eigenvalue weighted by Gasteiger charge is -2.30. The van der Waals surface area contributed by atoms with Gasteiger partial charge in [0.2, 0.25) is 5.95 Å². The number of ether oxygens (including phenoxy) is 2. The van der Waals surface area contributed by atoms with Gasteiger partial charge >= 0.3 is 0 Å². The first-order chi connectivity index (χ1) is 13.5. The Hall–Kier alpha value is -2.83. The maximum Gasteiger partial charge on any atom is 0.270 e. The van der Waals surface area contributed by atoms with E-state index in [1.54, 1.807) is 20.3 Å². The van der Waals surface area contributed by atoms with Gasteiger partial charge < -0.3 is 19.7 Å². The average Bonchev–Trinajstić information content (AvgIpc) is 2.71. The van der Waals surface area contributed by atoms with Gasteiger partial charge in [-0.05, 0) is 49.4 Å². The number of rotatable bonds is 6. The second-order valence-corrected chi connectivity index (χ2v) is 7.24. The number of methoxy groups -OCH3 is 2. The predicted octanol–water partition coefficient (Wildman–Crippen LogP) is 2.97. The fourth-order valence-electron chi connectivity index (χ4n) is 3.28. The standard InChI is InChI=1S/C21H28N4O3/c1-14-7-9-25(10-8-14)21-23-15(2)11-17(24-21)20(26)22-13-16-5-6-18(27-3)19(12-16)28-4/h5-6,11-12,14H,7-10,13H2,1-4H3,(H,22,26). The van der Waals surface area contributed by atoms with Crippen molar-refractivity contribution in [2.24, 2.45) is 5.92 Å². The number of nitrogens with zero attached hydrogens (tertiary/aromatic N) is 3. The third kappa shape index (κ3) is 4.71. The molecule has 7 nitrogen and oxygen atoms in total. The number of benzene rings is 1. The molecule has 1 saturated heterocycles. The minimum absolute atomic E-state index is 0.216. The smallest absolute Gasteiger partial charge is 0.270 e. The van der Waals surface area contributed by atoms with Crippen molar-refractivity contribution in [3.63, 3.8) is 0 Å². The Morgan fingerprint density at radius 1 is 1.14 bits per heavy atom. The van der Waals surface area contributed by atoms with Crippen LogP contribution >= 0.6 is 0 Å². The summed E-state index contributed by atoms with van der Waals surface area (Å²) in [6.45, 7) is 6.39. The van der Waals surface area contributed by atoms with E-state index in [4.69, 9.17) is 9.47 Å². The van der Waals surface area contributed by atoms with E-state index in [1.165, 1.54) is 0 Å². The largest absolute Gasteiger partial charge is 0.493 e. The zero-order valence-electron chi connectivity index (χ0n) is 17.0. The first kappa shape index (κ1) is 19.9. The number of aryl methyl sites for hydroxylation is 1. The molecule has 1 amide bonds. The van der Waals surface area contributed by atoms with Crippen LogP contribution in [-0.2, 0) is 6.54 Å². The number of hydrogen-bond donors (Lipinski definition) is 1. The molecule has 0 saturated carbocycles. The van der Waals surface area contributed by atoms with Gasteiger partial charge in [-0.1, -0.05) is 13.0 Å². The lowest BCUT2D eigenvalue weighted by molar-refractivity contribution is 0.0945. The molecule has 3 rings (SSSR count). The fraction of sp³-hybridized carbons (Fsp3) is 0.476. The topological polar surface area (TPSA) is 76.6 Å². The van der Waals surface area contributed by atoms with E-state index in [0.717, 1.165) is 43.1 Å². The summed E-state index contributed by atoms with van der Waals surface area (Å²) in [6.07, 6.45) is 2.25. The van der Waals surface area contributed by atoms with Gasteiger partial charge in [-0.3, -0.25) is 4.79 Å². The maximum absolute atomic E-state index is 12.7. The third-order valence-corrected chi connectivity index (χ3v) is 5.04. The Morgan fingerprint density at radius 2 is 1.86 bits per heavy atom.